The Labute approximate surface area is 322 Å². The van der Waals surface area contributed by atoms with Crippen LogP contribution >= 0.6 is 23.5 Å². The molecule has 54 heavy (non-hydrogen) atoms. The summed E-state index contributed by atoms with van der Waals surface area (Å²) in [6.07, 6.45) is 0.269. The Morgan fingerprint density at radius 2 is 1.85 bits per heavy atom. The predicted octanol–water partition coefficient (Wildman–Crippen LogP) is 4.64. The average molecular weight is 770 g/mol. The lowest BCUT2D eigenvalue weighted by molar-refractivity contribution is -0.121. The second kappa shape index (κ2) is 19.9. The largest absolute Gasteiger partial charge is 0.448 e. The Morgan fingerprint density at radius 3 is 2.65 bits per heavy atom. The van der Waals surface area contributed by atoms with E-state index in [2.05, 4.69) is 26.6 Å². The molecule has 2 aliphatic rings. The van der Waals surface area contributed by atoms with Crippen molar-refractivity contribution in [2.45, 2.75) is 25.9 Å². The number of para-hydroxylation sites is 1. The summed E-state index contributed by atoms with van der Waals surface area (Å²) < 4.78 is 5.42. The molecule has 3 aromatic carbocycles. The first-order valence-corrected chi connectivity index (χ1v) is 19.3. The van der Waals surface area contributed by atoms with Gasteiger partial charge < -0.3 is 42.0 Å². The van der Waals surface area contributed by atoms with E-state index in [4.69, 9.17) is 20.9 Å². The van der Waals surface area contributed by atoms with Gasteiger partial charge in [0.15, 0.2) is 0 Å². The van der Waals surface area contributed by atoms with Gasteiger partial charge in [-0.2, -0.15) is 11.8 Å². The van der Waals surface area contributed by atoms with Crippen molar-refractivity contribution in [3.05, 3.63) is 118 Å². The molecular formula is C38H43N9O5S2. The monoisotopic (exact) mass is 769 g/mol. The number of nitrogens with two attached hydrogens (primary N) is 1. The third-order valence-electron chi connectivity index (χ3n) is 7.92. The number of anilines is 2. The van der Waals surface area contributed by atoms with E-state index in [0.717, 1.165) is 33.4 Å². The zero-order chi connectivity index (χ0) is 38.3. The number of alkyl carbamates (subject to hydrolysis) is 1. The number of thioether (sulfide) groups is 2. The number of amides is 5. The molecule has 0 saturated carbocycles. The molecule has 282 valence electrons. The molecule has 8 N–H and O–H groups in total. The fourth-order valence-corrected chi connectivity index (χ4v) is 7.15. The number of urea groups is 1. The smallest absolute Gasteiger partial charge is 0.407 e. The summed E-state index contributed by atoms with van der Waals surface area (Å²) in [4.78, 5) is 58.2. The third-order valence-corrected chi connectivity index (χ3v) is 9.81. The lowest BCUT2D eigenvalue weighted by Gasteiger charge is -2.25. The summed E-state index contributed by atoms with van der Waals surface area (Å²) >= 11 is 3.15. The van der Waals surface area contributed by atoms with E-state index in [9.17, 15) is 19.2 Å². The molecule has 0 fully saturated rings. The fraction of sp³-hybridized carbons (Fsp3) is 0.263. The van der Waals surface area contributed by atoms with Gasteiger partial charge in [0.25, 0.3) is 5.91 Å². The van der Waals surface area contributed by atoms with Gasteiger partial charge in [-0.25, -0.2) is 14.6 Å². The van der Waals surface area contributed by atoms with Crippen LogP contribution in [0.5, 0.6) is 0 Å². The van der Waals surface area contributed by atoms with Gasteiger partial charge in [0.1, 0.15) is 12.4 Å². The van der Waals surface area contributed by atoms with Crippen molar-refractivity contribution in [1.29, 1.82) is 5.41 Å². The van der Waals surface area contributed by atoms with Gasteiger partial charge in [-0.1, -0.05) is 72.4 Å². The number of fused-ring (bicyclic) bond motifs is 1. The van der Waals surface area contributed by atoms with Crippen molar-refractivity contribution in [1.82, 2.24) is 21.3 Å². The average Bonchev–Trinajstić information content (AvgIpc) is 3.55. The zero-order valence-electron chi connectivity index (χ0n) is 29.7. The van der Waals surface area contributed by atoms with Crippen LogP contribution in [0.25, 0.3) is 0 Å². The Morgan fingerprint density at radius 1 is 1.06 bits per heavy atom. The highest BCUT2D eigenvalue weighted by molar-refractivity contribution is 8.06. The molecule has 0 bridgehead atoms. The third kappa shape index (κ3) is 11.9. The first-order valence-electron chi connectivity index (χ1n) is 17.3. The molecule has 0 saturated heterocycles. The maximum absolute atomic E-state index is 14.1. The summed E-state index contributed by atoms with van der Waals surface area (Å²) in [5, 5.41) is 24.4. The van der Waals surface area contributed by atoms with Gasteiger partial charge in [0.2, 0.25) is 12.1 Å². The van der Waals surface area contributed by atoms with Crippen LogP contribution in [0, 0.1) is 12.3 Å². The number of carbonyl (C=O) groups excluding carboxylic acids is 4. The van der Waals surface area contributed by atoms with Gasteiger partial charge in [0.05, 0.1) is 23.0 Å². The molecule has 5 rings (SSSR count). The molecule has 0 unspecified atom stereocenters. The molecule has 2 heterocycles. The Hall–Kier alpha value is -5.74. The van der Waals surface area contributed by atoms with E-state index < -0.39 is 24.2 Å². The lowest BCUT2D eigenvalue weighted by Crippen LogP contribution is -2.49. The Bertz CT molecular complexity index is 1940. The van der Waals surface area contributed by atoms with Gasteiger partial charge in [-0.3, -0.25) is 15.0 Å². The minimum atomic E-state index is -1.28. The topological polar surface area (TPSA) is 203 Å². The number of hydrogen-bond donors (Lipinski definition) is 7. The highest BCUT2D eigenvalue weighted by Gasteiger charge is 2.33. The number of aryl methyl sites for hydroxylation is 1. The first kappa shape index (κ1) is 39.5. The number of carbonyl (C=O) groups is 4. The number of aliphatic imine (C=N–C) groups is 1. The van der Waals surface area contributed by atoms with Crippen LogP contribution in [0.4, 0.5) is 21.0 Å². The predicted molar refractivity (Wildman–Crippen MR) is 216 cm³/mol. The van der Waals surface area contributed by atoms with Crippen LogP contribution in [-0.2, 0) is 14.3 Å². The normalized spacial score (nSPS) is 15.6. The SMILES string of the molecule is Cc1cccc(NC(=O)N[C@@H]2N=C(c3ccccc3)c3ccccc3N(CCOC(=O)NCCCC(=O)NCCSCC3=CS/C(=C\C(=N)N)N3)C2=O)c1. The maximum atomic E-state index is 14.1. The quantitative estimate of drug-likeness (QED) is 0.0616. The number of rotatable bonds is 16. The molecule has 14 nitrogen and oxygen atoms in total. The van der Waals surface area contributed by atoms with E-state index in [0.29, 0.717) is 35.6 Å². The van der Waals surface area contributed by atoms with E-state index in [1.165, 1.54) is 16.7 Å². The Kier molecular flexibility index (Phi) is 14.6. The van der Waals surface area contributed by atoms with E-state index in [-0.39, 0.29) is 37.9 Å². The minimum absolute atomic E-state index is 0.00140. The zero-order valence-corrected chi connectivity index (χ0v) is 31.4. The molecule has 0 aromatic heterocycles. The van der Waals surface area contributed by atoms with Crippen molar-refractivity contribution in [2.75, 3.05) is 48.0 Å². The van der Waals surface area contributed by atoms with Gasteiger partial charge in [0, 0.05) is 59.6 Å². The minimum Gasteiger partial charge on any atom is -0.448 e. The number of amidine groups is 1. The molecule has 0 spiro atoms. The van der Waals surface area contributed by atoms with Crippen molar-refractivity contribution in [3.8, 4) is 0 Å². The highest BCUT2D eigenvalue weighted by Crippen LogP contribution is 2.28. The molecule has 5 amide bonds. The number of ether oxygens (including phenoxy) is 1. The van der Waals surface area contributed by atoms with E-state index in [1.54, 1.807) is 36.0 Å². The van der Waals surface area contributed by atoms with Crippen molar-refractivity contribution in [3.63, 3.8) is 0 Å². The number of benzodiazepines with no additional fused rings is 1. The summed E-state index contributed by atoms with van der Waals surface area (Å²) in [6, 6.07) is 23.4. The van der Waals surface area contributed by atoms with Gasteiger partial charge in [-0.15, -0.1) is 0 Å². The second-order valence-electron chi connectivity index (χ2n) is 12.1. The standard InChI is InChI=1S/C38H43N9O5S2/c1-25-9-7-12-27(21-25)44-37(50)46-35-36(49)47(30-14-6-5-13-29(30)34(45-35)26-10-3-2-4-11-26)18-19-52-38(51)42-16-8-15-32(48)41-17-20-53-23-28-24-54-33(43-28)22-31(39)40/h2-7,9-14,21-22,24,35,43H,8,15-20,23H2,1H3,(H3,39,40)(H,41,48)(H,42,51)(H2,44,46,50)/b33-22-/t35-/m0/s1. The molecule has 1 atom stereocenters. The molecule has 0 radical (unpaired) electrons. The molecular weight excluding hydrogens is 727 g/mol. The molecule has 0 aliphatic carbocycles. The van der Waals surface area contributed by atoms with E-state index >= 15 is 0 Å². The van der Waals surface area contributed by atoms with Crippen molar-refractivity contribution < 1.29 is 23.9 Å². The van der Waals surface area contributed by atoms with Crippen LogP contribution in [-0.4, -0.2) is 79.4 Å². The first-order chi connectivity index (χ1) is 26.2. The summed E-state index contributed by atoms with van der Waals surface area (Å²) in [5.41, 5.74) is 10.5. The van der Waals surface area contributed by atoms with Crippen LogP contribution in [0.1, 0.15) is 29.5 Å². The fourth-order valence-electron chi connectivity index (χ4n) is 5.48. The summed E-state index contributed by atoms with van der Waals surface area (Å²) in [6.45, 7) is 2.53. The number of hydrogen-bond acceptors (Lipinski definition) is 10. The molecule has 2 aliphatic heterocycles. The number of nitrogens with one attached hydrogen (secondary N) is 6. The van der Waals surface area contributed by atoms with Gasteiger partial charge >= 0.3 is 12.1 Å². The van der Waals surface area contributed by atoms with Crippen LogP contribution < -0.4 is 37.2 Å². The number of nitrogens with zero attached hydrogens (tertiary/aromatic N) is 2. The van der Waals surface area contributed by atoms with Crippen LogP contribution in [0.2, 0.25) is 0 Å². The Balaban J connectivity index is 1.09. The maximum Gasteiger partial charge on any atom is 0.407 e. The molecule has 3 aromatic rings. The summed E-state index contributed by atoms with van der Waals surface area (Å²) in [5.74, 6) is 0.857. The number of benzene rings is 3. The van der Waals surface area contributed by atoms with Crippen molar-refractivity contribution in [2.24, 2.45) is 10.7 Å². The lowest BCUT2D eigenvalue weighted by atomic mass is 10.0. The van der Waals surface area contributed by atoms with Crippen LogP contribution in [0.15, 0.2) is 106 Å². The van der Waals surface area contributed by atoms with Gasteiger partial charge in [-0.05, 0) is 42.5 Å². The van der Waals surface area contributed by atoms with E-state index in [1.807, 2.05) is 73.0 Å². The van der Waals surface area contributed by atoms with Crippen LogP contribution in [0.3, 0.4) is 0 Å². The summed E-state index contributed by atoms with van der Waals surface area (Å²) in [7, 11) is 0. The highest BCUT2D eigenvalue weighted by atomic mass is 32.2. The molecule has 16 heteroatoms. The second-order valence-corrected chi connectivity index (χ2v) is 14.2. The van der Waals surface area contributed by atoms with Crippen molar-refractivity contribution >= 4 is 70.4 Å².